The molecule has 1 heterocycles. The van der Waals surface area contributed by atoms with Crippen molar-refractivity contribution in [1.82, 2.24) is 9.97 Å². The Morgan fingerprint density at radius 3 is 2.43 bits per heavy atom. The van der Waals surface area contributed by atoms with Crippen LogP contribution in [-0.2, 0) is 0 Å². The van der Waals surface area contributed by atoms with Crippen LogP contribution in [0.15, 0.2) is 60.8 Å². The van der Waals surface area contributed by atoms with Gasteiger partial charge >= 0.3 is 0 Å². The summed E-state index contributed by atoms with van der Waals surface area (Å²) < 4.78 is 0. The first-order chi connectivity index (χ1) is 10.3. The molecule has 3 N–H and O–H groups in total. The highest BCUT2D eigenvalue weighted by atomic mass is 14.9. The average molecular weight is 277 g/mol. The van der Waals surface area contributed by atoms with Gasteiger partial charge in [-0.25, -0.2) is 4.98 Å². The first kappa shape index (κ1) is 13.6. The quantitative estimate of drug-likeness (QED) is 0.767. The number of hydrogen-bond acceptors (Lipinski definition) is 2. The van der Waals surface area contributed by atoms with Gasteiger partial charge < -0.3 is 10.7 Å². The minimum absolute atomic E-state index is 0.102. The standard InChI is InChI=1S/C18H19N3/c1-13-7-9-15(10-8-13)17-12-20-18(21-17)16(11-19)14-5-3-2-4-6-14/h2-10,12,16H,11,19H2,1H3,(H,20,21). The molecule has 3 aromatic rings. The first-order valence-electron chi connectivity index (χ1n) is 7.15. The molecule has 3 nitrogen and oxygen atoms in total. The molecule has 0 bridgehead atoms. The number of imidazole rings is 1. The fourth-order valence-electron chi connectivity index (χ4n) is 2.48. The van der Waals surface area contributed by atoms with Gasteiger partial charge in [0.05, 0.1) is 17.8 Å². The van der Waals surface area contributed by atoms with Gasteiger partial charge in [0.1, 0.15) is 5.82 Å². The van der Waals surface area contributed by atoms with E-state index in [1.54, 1.807) is 0 Å². The van der Waals surface area contributed by atoms with Crippen molar-refractivity contribution in [2.24, 2.45) is 5.73 Å². The van der Waals surface area contributed by atoms with Crippen molar-refractivity contribution in [3.05, 3.63) is 77.7 Å². The van der Waals surface area contributed by atoms with Crippen molar-refractivity contribution in [2.75, 3.05) is 6.54 Å². The van der Waals surface area contributed by atoms with E-state index in [9.17, 15) is 0 Å². The average Bonchev–Trinajstić information content (AvgIpc) is 2.99. The predicted octanol–water partition coefficient (Wildman–Crippen LogP) is 3.48. The molecule has 0 saturated carbocycles. The minimum Gasteiger partial charge on any atom is -0.341 e. The zero-order chi connectivity index (χ0) is 14.7. The summed E-state index contributed by atoms with van der Waals surface area (Å²) in [5, 5.41) is 0. The summed E-state index contributed by atoms with van der Waals surface area (Å²) in [6.07, 6.45) is 1.88. The summed E-state index contributed by atoms with van der Waals surface area (Å²) in [5.74, 6) is 1.02. The third-order valence-corrected chi connectivity index (χ3v) is 3.73. The molecule has 1 unspecified atom stereocenters. The summed E-state index contributed by atoms with van der Waals surface area (Å²) in [6.45, 7) is 2.62. The maximum Gasteiger partial charge on any atom is 0.115 e. The van der Waals surface area contributed by atoms with Crippen LogP contribution in [0.25, 0.3) is 11.3 Å². The van der Waals surface area contributed by atoms with Crippen molar-refractivity contribution in [3.63, 3.8) is 0 Å². The fraction of sp³-hybridized carbons (Fsp3) is 0.167. The molecule has 1 atom stereocenters. The number of aromatic amines is 1. The van der Waals surface area contributed by atoms with E-state index in [0.29, 0.717) is 6.54 Å². The molecule has 0 amide bonds. The lowest BCUT2D eigenvalue weighted by atomic mass is 9.99. The molecule has 0 fully saturated rings. The van der Waals surface area contributed by atoms with Gasteiger partial charge in [-0.15, -0.1) is 0 Å². The zero-order valence-electron chi connectivity index (χ0n) is 12.1. The topological polar surface area (TPSA) is 54.7 Å². The third kappa shape index (κ3) is 2.88. The number of aryl methyl sites for hydroxylation is 1. The second-order valence-corrected chi connectivity index (χ2v) is 5.25. The molecule has 3 heteroatoms. The summed E-state index contributed by atoms with van der Waals surface area (Å²) in [7, 11) is 0. The van der Waals surface area contributed by atoms with Crippen LogP contribution >= 0.6 is 0 Å². The third-order valence-electron chi connectivity index (χ3n) is 3.73. The lowest BCUT2D eigenvalue weighted by molar-refractivity contribution is 0.765. The van der Waals surface area contributed by atoms with Crippen LogP contribution in [0.3, 0.4) is 0 Å². The molecule has 1 aromatic heterocycles. The van der Waals surface area contributed by atoms with E-state index in [0.717, 1.165) is 17.1 Å². The molecule has 3 rings (SSSR count). The van der Waals surface area contributed by atoms with Gasteiger partial charge in [-0.05, 0) is 18.1 Å². The second kappa shape index (κ2) is 5.94. The van der Waals surface area contributed by atoms with Gasteiger partial charge in [-0.3, -0.25) is 0 Å². The number of H-pyrrole nitrogens is 1. The van der Waals surface area contributed by atoms with E-state index in [1.165, 1.54) is 11.1 Å². The fourth-order valence-corrected chi connectivity index (χ4v) is 2.48. The summed E-state index contributed by atoms with van der Waals surface area (Å²) in [5.41, 5.74) is 10.6. The van der Waals surface area contributed by atoms with Crippen LogP contribution in [0, 0.1) is 6.92 Å². The number of nitrogens with one attached hydrogen (secondary N) is 1. The largest absolute Gasteiger partial charge is 0.341 e. The Bertz CT molecular complexity index is 699. The van der Waals surface area contributed by atoms with E-state index in [1.807, 2.05) is 24.4 Å². The maximum absolute atomic E-state index is 5.94. The zero-order valence-corrected chi connectivity index (χ0v) is 12.1. The summed E-state index contributed by atoms with van der Waals surface area (Å²) >= 11 is 0. The highest BCUT2D eigenvalue weighted by Gasteiger charge is 2.16. The molecular weight excluding hydrogens is 258 g/mol. The monoisotopic (exact) mass is 277 g/mol. The molecule has 106 valence electrons. The van der Waals surface area contributed by atoms with Gasteiger partial charge in [-0.1, -0.05) is 60.2 Å². The number of nitrogens with zero attached hydrogens (tertiary/aromatic N) is 1. The highest BCUT2D eigenvalue weighted by molar-refractivity contribution is 5.59. The molecule has 0 saturated heterocycles. The molecule has 0 aliphatic rings. The van der Waals surface area contributed by atoms with Gasteiger partial charge in [0.25, 0.3) is 0 Å². The van der Waals surface area contributed by atoms with Crippen LogP contribution < -0.4 is 5.73 Å². The van der Waals surface area contributed by atoms with Crippen LogP contribution in [0.5, 0.6) is 0 Å². The molecule has 21 heavy (non-hydrogen) atoms. The van der Waals surface area contributed by atoms with E-state index in [4.69, 9.17) is 5.73 Å². The summed E-state index contributed by atoms with van der Waals surface area (Å²) in [4.78, 5) is 7.93. The maximum atomic E-state index is 5.94. The van der Waals surface area contributed by atoms with Crippen LogP contribution in [0.4, 0.5) is 0 Å². The van der Waals surface area contributed by atoms with E-state index < -0.39 is 0 Å². The number of aromatic nitrogens is 2. The Morgan fingerprint density at radius 2 is 1.76 bits per heavy atom. The van der Waals surface area contributed by atoms with Crippen molar-refractivity contribution < 1.29 is 0 Å². The van der Waals surface area contributed by atoms with Crippen molar-refractivity contribution in [1.29, 1.82) is 0 Å². The molecule has 0 radical (unpaired) electrons. The van der Waals surface area contributed by atoms with Gasteiger partial charge in [-0.2, -0.15) is 0 Å². The number of benzene rings is 2. The van der Waals surface area contributed by atoms with Crippen molar-refractivity contribution >= 4 is 0 Å². The molecular formula is C18H19N3. The Morgan fingerprint density at radius 1 is 1.05 bits per heavy atom. The van der Waals surface area contributed by atoms with Crippen molar-refractivity contribution in [3.8, 4) is 11.3 Å². The highest BCUT2D eigenvalue weighted by Crippen LogP contribution is 2.24. The normalized spacial score (nSPS) is 12.3. The Balaban J connectivity index is 1.92. The molecule has 0 aliphatic carbocycles. The molecule has 0 spiro atoms. The number of nitrogens with two attached hydrogens (primary N) is 1. The van der Waals surface area contributed by atoms with Crippen LogP contribution in [0.2, 0.25) is 0 Å². The first-order valence-corrected chi connectivity index (χ1v) is 7.15. The predicted molar refractivity (Wildman–Crippen MR) is 86.1 cm³/mol. The molecule has 2 aromatic carbocycles. The van der Waals surface area contributed by atoms with Crippen LogP contribution in [0.1, 0.15) is 22.9 Å². The van der Waals surface area contributed by atoms with Crippen molar-refractivity contribution in [2.45, 2.75) is 12.8 Å². The minimum atomic E-state index is 0.102. The number of hydrogen-bond donors (Lipinski definition) is 2. The number of rotatable bonds is 4. The van der Waals surface area contributed by atoms with Gasteiger partial charge in [0.2, 0.25) is 0 Å². The Hall–Kier alpha value is -2.39. The van der Waals surface area contributed by atoms with E-state index in [-0.39, 0.29) is 5.92 Å². The van der Waals surface area contributed by atoms with Gasteiger partial charge in [0.15, 0.2) is 0 Å². The Kier molecular flexibility index (Phi) is 3.84. The smallest absolute Gasteiger partial charge is 0.115 e. The second-order valence-electron chi connectivity index (χ2n) is 5.25. The lowest BCUT2D eigenvalue weighted by Crippen LogP contribution is -2.15. The summed E-state index contributed by atoms with van der Waals surface area (Å²) in [6, 6.07) is 18.7. The SMILES string of the molecule is Cc1ccc(-c2cnc(C(CN)c3ccccc3)[nH]2)cc1. The van der Waals surface area contributed by atoms with E-state index in [2.05, 4.69) is 53.3 Å². The van der Waals surface area contributed by atoms with Crippen LogP contribution in [-0.4, -0.2) is 16.5 Å². The Labute approximate surface area is 124 Å². The lowest BCUT2D eigenvalue weighted by Gasteiger charge is -2.12. The molecule has 0 aliphatic heterocycles. The van der Waals surface area contributed by atoms with E-state index >= 15 is 0 Å². The van der Waals surface area contributed by atoms with Gasteiger partial charge in [0, 0.05) is 6.54 Å².